The van der Waals surface area contributed by atoms with Crippen LogP contribution in [0.5, 0.6) is 0 Å². The normalized spacial score (nSPS) is 17.9. The third-order valence-electron chi connectivity index (χ3n) is 7.99. The second-order valence-electron chi connectivity index (χ2n) is 10.3. The molecule has 4 heterocycles. The number of hydrogen-bond acceptors (Lipinski definition) is 4. The zero-order valence-corrected chi connectivity index (χ0v) is 20.9. The number of hydrogen-bond donors (Lipinski definition) is 4. The Kier molecular flexibility index (Phi) is 5.39. The van der Waals surface area contributed by atoms with Crippen LogP contribution >= 0.6 is 0 Å². The highest BCUT2D eigenvalue weighted by atomic mass is 16.1. The Morgan fingerprint density at radius 1 is 1.05 bits per heavy atom. The summed E-state index contributed by atoms with van der Waals surface area (Å²) in [4.78, 5) is 29.1. The van der Waals surface area contributed by atoms with E-state index in [9.17, 15) is 4.79 Å². The zero-order chi connectivity index (χ0) is 25.6. The molecule has 0 bridgehead atoms. The molecule has 4 aromatic heterocycles. The van der Waals surface area contributed by atoms with E-state index in [1.54, 1.807) is 12.4 Å². The molecule has 1 aliphatic rings. The third-order valence-corrected chi connectivity index (χ3v) is 7.99. The minimum atomic E-state index is -0.0187. The number of nitrogen functional groups attached to an aromatic ring is 1. The number of carbonyl (C=O) groups excluding carboxylic acids is 1. The van der Waals surface area contributed by atoms with Crippen LogP contribution in [-0.2, 0) is 0 Å². The Hall–Kier alpha value is -4.59. The first kappa shape index (κ1) is 22.6. The number of nitrogens with two attached hydrogens (primary N) is 1. The Balaban J connectivity index is 1.08. The summed E-state index contributed by atoms with van der Waals surface area (Å²) < 4.78 is 2.12. The number of benzene rings is 2. The molecule has 0 saturated heterocycles. The Bertz CT molecular complexity index is 1750. The van der Waals surface area contributed by atoms with Crippen molar-refractivity contribution in [1.29, 1.82) is 0 Å². The SMILES string of the molecule is Nc1nccn2c(C3CCC(CNC(=O)c4c[nH]c5ccccc45)CC3)nc(-c3cc4ccccc4[nH]3)c12. The van der Waals surface area contributed by atoms with Crippen molar-refractivity contribution in [1.82, 2.24) is 29.7 Å². The highest BCUT2D eigenvalue weighted by Crippen LogP contribution is 2.38. The third kappa shape index (κ3) is 3.80. The molecule has 0 spiro atoms. The molecule has 190 valence electrons. The lowest BCUT2D eigenvalue weighted by Crippen LogP contribution is -2.31. The molecule has 8 nitrogen and oxygen atoms in total. The quantitative estimate of drug-likeness (QED) is 0.243. The van der Waals surface area contributed by atoms with Gasteiger partial charge in [0.1, 0.15) is 22.9 Å². The molecule has 0 atom stereocenters. The van der Waals surface area contributed by atoms with E-state index < -0.39 is 0 Å². The standard InChI is InChI=1S/C30H29N7O/c31-28-27-26(25-15-20-5-1-3-7-23(20)35-25)36-29(37(27)14-13-32-28)19-11-9-18(10-12-19)16-34-30(38)22-17-33-24-8-4-2-6-21(22)24/h1-8,13-15,17-19,33,35H,9-12,16H2,(H2,31,32)(H,34,38). The molecule has 1 saturated carbocycles. The molecule has 8 heteroatoms. The van der Waals surface area contributed by atoms with E-state index in [2.05, 4.69) is 42.9 Å². The van der Waals surface area contributed by atoms with Gasteiger partial charge in [0.15, 0.2) is 0 Å². The summed E-state index contributed by atoms with van der Waals surface area (Å²) in [6.45, 7) is 0.685. The van der Waals surface area contributed by atoms with Crippen molar-refractivity contribution >= 4 is 39.0 Å². The molecule has 0 aliphatic heterocycles. The number of rotatable bonds is 5. The summed E-state index contributed by atoms with van der Waals surface area (Å²) >= 11 is 0. The molecule has 38 heavy (non-hydrogen) atoms. The Morgan fingerprint density at radius 2 is 1.84 bits per heavy atom. The second kappa shape index (κ2) is 9.06. The van der Waals surface area contributed by atoms with E-state index in [1.165, 1.54) is 0 Å². The van der Waals surface area contributed by atoms with Crippen LogP contribution in [0, 0.1) is 5.92 Å². The largest absolute Gasteiger partial charge is 0.382 e. The van der Waals surface area contributed by atoms with Crippen molar-refractivity contribution < 1.29 is 4.79 Å². The summed E-state index contributed by atoms with van der Waals surface area (Å²) in [6.07, 6.45) is 9.61. The first-order valence-electron chi connectivity index (χ1n) is 13.2. The summed E-state index contributed by atoms with van der Waals surface area (Å²) in [7, 11) is 0. The number of aromatic nitrogens is 5. The number of imidazole rings is 1. The van der Waals surface area contributed by atoms with Gasteiger partial charge in [-0.05, 0) is 49.8 Å². The maximum absolute atomic E-state index is 12.9. The number of carbonyl (C=O) groups is 1. The summed E-state index contributed by atoms with van der Waals surface area (Å²) in [6, 6.07) is 18.2. The highest BCUT2D eigenvalue weighted by molar-refractivity contribution is 6.06. The molecule has 6 aromatic rings. The molecule has 1 amide bonds. The van der Waals surface area contributed by atoms with Gasteiger partial charge in [-0.1, -0.05) is 36.4 Å². The molecule has 5 N–H and O–H groups in total. The van der Waals surface area contributed by atoms with Gasteiger partial charge in [-0.2, -0.15) is 0 Å². The smallest absolute Gasteiger partial charge is 0.253 e. The maximum atomic E-state index is 12.9. The zero-order valence-electron chi connectivity index (χ0n) is 20.9. The number of fused-ring (bicyclic) bond motifs is 3. The first-order valence-corrected chi connectivity index (χ1v) is 13.2. The van der Waals surface area contributed by atoms with Gasteiger partial charge >= 0.3 is 0 Å². The first-order chi connectivity index (χ1) is 18.7. The predicted octanol–water partition coefficient (Wildman–Crippen LogP) is 5.64. The number of nitrogens with zero attached hydrogens (tertiary/aromatic N) is 3. The number of para-hydroxylation sites is 2. The Labute approximate surface area is 219 Å². The fourth-order valence-electron chi connectivity index (χ4n) is 5.98. The van der Waals surface area contributed by atoms with Crippen molar-refractivity contribution in [3.05, 3.63) is 84.6 Å². The van der Waals surface area contributed by atoms with Crippen LogP contribution < -0.4 is 11.1 Å². The average molecular weight is 504 g/mol. The predicted molar refractivity (Wildman–Crippen MR) is 150 cm³/mol. The molecule has 0 radical (unpaired) electrons. The van der Waals surface area contributed by atoms with Crippen molar-refractivity contribution in [2.45, 2.75) is 31.6 Å². The fraction of sp³-hybridized carbons (Fsp3) is 0.233. The van der Waals surface area contributed by atoms with E-state index in [1.807, 2.05) is 42.6 Å². The number of amides is 1. The van der Waals surface area contributed by atoms with Crippen LogP contribution in [0.3, 0.4) is 0 Å². The van der Waals surface area contributed by atoms with Crippen molar-refractivity contribution in [2.24, 2.45) is 5.92 Å². The van der Waals surface area contributed by atoms with Crippen LogP contribution in [-0.4, -0.2) is 36.8 Å². The Morgan fingerprint density at radius 3 is 2.68 bits per heavy atom. The fourth-order valence-corrected chi connectivity index (χ4v) is 5.98. The highest BCUT2D eigenvalue weighted by Gasteiger charge is 2.28. The molecular weight excluding hydrogens is 474 g/mol. The van der Waals surface area contributed by atoms with E-state index >= 15 is 0 Å². The van der Waals surface area contributed by atoms with E-state index in [-0.39, 0.29) is 5.91 Å². The van der Waals surface area contributed by atoms with Crippen LogP contribution in [0.4, 0.5) is 5.82 Å². The van der Waals surface area contributed by atoms with Gasteiger partial charge in [-0.3, -0.25) is 9.20 Å². The van der Waals surface area contributed by atoms with Gasteiger partial charge in [0.25, 0.3) is 5.91 Å². The maximum Gasteiger partial charge on any atom is 0.253 e. The minimum Gasteiger partial charge on any atom is -0.382 e. The van der Waals surface area contributed by atoms with Crippen LogP contribution in [0.15, 0.2) is 73.2 Å². The van der Waals surface area contributed by atoms with Crippen molar-refractivity contribution in [3.63, 3.8) is 0 Å². The van der Waals surface area contributed by atoms with Gasteiger partial charge in [-0.25, -0.2) is 9.97 Å². The molecule has 1 aliphatic carbocycles. The lowest BCUT2D eigenvalue weighted by atomic mass is 9.81. The van der Waals surface area contributed by atoms with Gasteiger partial charge in [0.05, 0.1) is 11.3 Å². The monoisotopic (exact) mass is 503 g/mol. The second-order valence-corrected chi connectivity index (χ2v) is 10.3. The average Bonchev–Trinajstić information content (AvgIpc) is 3.67. The van der Waals surface area contributed by atoms with Crippen molar-refractivity contribution in [2.75, 3.05) is 12.3 Å². The molecule has 7 rings (SSSR count). The number of nitrogens with one attached hydrogen (secondary N) is 3. The van der Waals surface area contributed by atoms with E-state index in [0.29, 0.717) is 29.8 Å². The summed E-state index contributed by atoms with van der Waals surface area (Å²) in [5.74, 6) is 2.27. The number of aromatic amines is 2. The molecule has 2 aromatic carbocycles. The van der Waals surface area contributed by atoms with E-state index in [4.69, 9.17) is 10.7 Å². The lowest BCUT2D eigenvalue weighted by Gasteiger charge is -2.28. The number of H-pyrrole nitrogens is 2. The topological polar surface area (TPSA) is 117 Å². The summed E-state index contributed by atoms with van der Waals surface area (Å²) in [5, 5.41) is 5.27. The lowest BCUT2D eigenvalue weighted by molar-refractivity contribution is 0.0944. The van der Waals surface area contributed by atoms with E-state index in [0.717, 1.165) is 70.2 Å². The van der Waals surface area contributed by atoms with Crippen LogP contribution in [0.25, 0.3) is 38.7 Å². The minimum absolute atomic E-state index is 0.0187. The molecule has 1 fully saturated rings. The van der Waals surface area contributed by atoms with Crippen molar-refractivity contribution in [3.8, 4) is 11.4 Å². The van der Waals surface area contributed by atoms with Crippen LogP contribution in [0.1, 0.15) is 47.8 Å². The number of anilines is 1. The molecular formula is C30H29N7O. The van der Waals surface area contributed by atoms with Gasteiger partial charge in [0, 0.05) is 52.9 Å². The molecule has 0 unspecified atom stereocenters. The van der Waals surface area contributed by atoms with Crippen LogP contribution in [0.2, 0.25) is 0 Å². The van der Waals surface area contributed by atoms with Gasteiger partial charge in [0.2, 0.25) is 0 Å². The van der Waals surface area contributed by atoms with Gasteiger partial charge in [-0.15, -0.1) is 0 Å². The van der Waals surface area contributed by atoms with Gasteiger partial charge < -0.3 is 21.0 Å². The summed E-state index contributed by atoms with van der Waals surface area (Å²) in [5.41, 5.74) is 11.8.